The maximum Gasteiger partial charge on any atom is 0.191 e. The van der Waals surface area contributed by atoms with Crippen LogP contribution in [0.15, 0.2) is 15.6 Å². The highest BCUT2D eigenvalue weighted by Crippen LogP contribution is 2.15. The number of hydrogen-bond acceptors (Lipinski definition) is 4. The second-order valence-electron chi connectivity index (χ2n) is 7.48. The van der Waals surface area contributed by atoms with Gasteiger partial charge >= 0.3 is 0 Å². The van der Waals surface area contributed by atoms with Gasteiger partial charge in [0.25, 0.3) is 0 Å². The lowest BCUT2D eigenvalue weighted by Gasteiger charge is -2.30. The maximum atomic E-state index is 5.34. The molecule has 0 saturated carbocycles. The van der Waals surface area contributed by atoms with Gasteiger partial charge in [-0.25, -0.2) is 0 Å². The normalized spacial score (nSPS) is 19.4. The van der Waals surface area contributed by atoms with Crippen LogP contribution in [0, 0.1) is 5.92 Å². The van der Waals surface area contributed by atoms with Crippen molar-refractivity contribution in [1.29, 1.82) is 0 Å². The lowest BCUT2D eigenvalue weighted by molar-refractivity contribution is 0.181. The van der Waals surface area contributed by atoms with Crippen molar-refractivity contribution in [2.75, 3.05) is 33.2 Å². The molecule has 6 heteroatoms. The minimum absolute atomic E-state index is 0.387. The third kappa shape index (κ3) is 7.06. The summed E-state index contributed by atoms with van der Waals surface area (Å²) in [4.78, 5) is 6.87. The summed E-state index contributed by atoms with van der Waals surface area (Å²) >= 11 is 0. The Hall–Kier alpha value is -1.56. The van der Waals surface area contributed by atoms with Crippen molar-refractivity contribution in [3.63, 3.8) is 0 Å². The molecule has 1 atom stereocenters. The van der Waals surface area contributed by atoms with E-state index in [1.807, 2.05) is 6.07 Å². The van der Waals surface area contributed by atoms with E-state index < -0.39 is 0 Å². The molecule has 1 aromatic rings. The number of hydrogen-bond donors (Lipinski definition) is 2. The zero-order valence-corrected chi connectivity index (χ0v) is 16.3. The third-order valence-electron chi connectivity index (χ3n) is 4.76. The summed E-state index contributed by atoms with van der Waals surface area (Å²) in [5, 5.41) is 10.7. The Labute approximate surface area is 152 Å². The van der Waals surface area contributed by atoms with Gasteiger partial charge in [0.05, 0.1) is 12.2 Å². The summed E-state index contributed by atoms with van der Waals surface area (Å²) in [5.74, 6) is 2.90. The van der Waals surface area contributed by atoms with Gasteiger partial charge < -0.3 is 20.1 Å². The Morgan fingerprint density at radius 1 is 1.40 bits per heavy atom. The molecule has 1 fully saturated rings. The molecule has 0 aliphatic carbocycles. The number of nitrogens with zero attached hydrogens (tertiary/aromatic N) is 3. The van der Waals surface area contributed by atoms with E-state index in [1.54, 1.807) is 7.05 Å². The monoisotopic (exact) mass is 349 g/mol. The Morgan fingerprint density at radius 2 is 2.24 bits per heavy atom. The molecule has 2 heterocycles. The van der Waals surface area contributed by atoms with Crippen LogP contribution in [0.5, 0.6) is 0 Å². The number of rotatable bonds is 8. The van der Waals surface area contributed by atoms with Gasteiger partial charge in [-0.1, -0.05) is 25.9 Å². The van der Waals surface area contributed by atoms with E-state index >= 15 is 0 Å². The summed E-state index contributed by atoms with van der Waals surface area (Å²) in [7, 11) is 1.80. The third-order valence-corrected chi connectivity index (χ3v) is 4.76. The van der Waals surface area contributed by atoms with Crippen molar-refractivity contribution in [2.45, 2.75) is 58.9 Å². The molecule has 1 aliphatic heterocycles. The molecule has 2 N–H and O–H groups in total. The molecule has 25 heavy (non-hydrogen) atoms. The number of guanidine groups is 1. The van der Waals surface area contributed by atoms with Gasteiger partial charge in [0.2, 0.25) is 0 Å². The first kappa shape index (κ1) is 19.8. The summed E-state index contributed by atoms with van der Waals surface area (Å²) in [6, 6.07) is 2.00. The number of piperidine rings is 1. The van der Waals surface area contributed by atoms with Crippen LogP contribution in [-0.4, -0.2) is 49.2 Å². The van der Waals surface area contributed by atoms with Crippen molar-refractivity contribution < 1.29 is 4.52 Å². The molecule has 1 unspecified atom stereocenters. The summed E-state index contributed by atoms with van der Waals surface area (Å²) in [6.45, 7) is 11.9. The van der Waals surface area contributed by atoms with Gasteiger partial charge in [0, 0.05) is 26.2 Å². The van der Waals surface area contributed by atoms with Gasteiger partial charge in [-0.15, -0.1) is 0 Å². The van der Waals surface area contributed by atoms with E-state index in [0.29, 0.717) is 12.5 Å². The summed E-state index contributed by atoms with van der Waals surface area (Å²) < 4.78 is 5.34. The van der Waals surface area contributed by atoms with E-state index in [9.17, 15) is 0 Å². The molecule has 0 aromatic carbocycles. The van der Waals surface area contributed by atoms with Crippen LogP contribution in [0.25, 0.3) is 0 Å². The topological polar surface area (TPSA) is 65.7 Å². The minimum Gasteiger partial charge on any atom is -0.359 e. The zero-order valence-electron chi connectivity index (χ0n) is 16.3. The number of aromatic nitrogens is 1. The fraction of sp³-hybridized carbons (Fsp3) is 0.789. The van der Waals surface area contributed by atoms with Crippen LogP contribution in [0.1, 0.15) is 63.8 Å². The van der Waals surface area contributed by atoms with Crippen molar-refractivity contribution in [3.05, 3.63) is 17.5 Å². The van der Waals surface area contributed by atoms with Gasteiger partial charge in [0.1, 0.15) is 0 Å². The van der Waals surface area contributed by atoms with Gasteiger partial charge in [-0.3, -0.25) is 4.99 Å². The van der Waals surface area contributed by atoms with Gasteiger partial charge in [-0.05, 0) is 50.6 Å². The van der Waals surface area contributed by atoms with Crippen molar-refractivity contribution in [1.82, 2.24) is 20.7 Å². The van der Waals surface area contributed by atoms with Crippen LogP contribution >= 0.6 is 0 Å². The molecule has 0 radical (unpaired) electrons. The van der Waals surface area contributed by atoms with Gasteiger partial charge in [0.15, 0.2) is 11.7 Å². The predicted molar refractivity (Wildman–Crippen MR) is 103 cm³/mol. The average molecular weight is 350 g/mol. The largest absolute Gasteiger partial charge is 0.359 e. The molecule has 6 nitrogen and oxygen atoms in total. The minimum atomic E-state index is 0.387. The van der Waals surface area contributed by atoms with Crippen LogP contribution in [-0.2, 0) is 6.54 Å². The molecule has 1 aromatic heterocycles. The fourth-order valence-corrected chi connectivity index (χ4v) is 3.23. The van der Waals surface area contributed by atoms with Crippen molar-refractivity contribution >= 4 is 5.96 Å². The van der Waals surface area contributed by atoms with E-state index in [0.717, 1.165) is 36.3 Å². The number of unbranched alkanes of at least 4 members (excludes halogenated alkanes) is 1. The average Bonchev–Trinajstić information content (AvgIpc) is 3.06. The fourth-order valence-electron chi connectivity index (χ4n) is 3.23. The lowest BCUT2D eigenvalue weighted by Crippen LogP contribution is -2.38. The number of likely N-dealkylation sites (tertiary alicyclic amines) is 1. The Bertz CT molecular complexity index is 526. The lowest BCUT2D eigenvalue weighted by atomic mass is 10.0. The predicted octanol–water partition coefficient (Wildman–Crippen LogP) is 2.98. The molecule has 0 amide bonds. The number of nitrogens with one attached hydrogen (secondary N) is 2. The second kappa shape index (κ2) is 10.4. The Morgan fingerprint density at radius 3 is 2.92 bits per heavy atom. The Balaban J connectivity index is 1.58. The van der Waals surface area contributed by atoms with Gasteiger partial charge in [-0.2, -0.15) is 0 Å². The molecular weight excluding hydrogens is 314 g/mol. The van der Waals surface area contributed by atoms with E-state index in [2.05, 4.69) is 46.5 Å². The molecule has 0 spiro atoms. The highest BCUT2D eigenvalue weighted by molar-refractivity contribution is 5.79. The van der Waals surface area contributed by atoms with E-state index in [-0.39, 0.29) is 0 Å². The van der Waals surface area contributed by atoms with Crippen molar-refractivity contribution in [3.8, 4) is 0 Å². The number of aliphatic imine (C=N–C) groups is 1. The first-order chi connectivity index (χ1) is 12.1. The highest BCUT2D eigenvalue weighted by atomic mass is 16.5. The molecular formula is C19H35N5O. The first-order valence-corrected chi connectivity index (χ1v) is 9.71. The standard InChI is InChI=1S/C19H35N5O/c1-15(2)18-12-17(25-23-18)13-22-19(20-4)21-9-5-6-10-24-11-7-8-16(3)14-24/h12,15-16H,5-11,13-14H2,1-4H3,(H2,20,21,22). The first-order valence-electron chi connectivity index (χ1n) is 9.71. The Kier molecular flexibility index (Phi) is 8.25. The molecule has 1 aliphatic rings. The van der Waals surface area contributed by atoms with Crippen LogP contribution in [0.2, 0.25) is 0 Å². The molecule has 0 bridgehead atoms. The summed E-state index contributed by atoms with van der Waals surface area (Å²) in [6.07, 6.45) is 5.14. The summed E-state index contributed by atoms with van der Waals surface area (Å²) in [5.41, 5.74) is 0.992. The molecule has 2 rings (SSSR count). The molecule has 1 saturated heterocycles. The quantitative estimate of drug-likeness (QED) is 0.429. The maximum absolute atomic E-state index is 5.34. The van der Waals surface area contributed by atoms with E-state index in [1.165, 1.54) is 38.9 Å². The highest BCUT2D eigenvalue weighted by Gasteiger charge is 2.15. The van der Waals surface area contributed by atoms with E-state index in [4.69, 9.17) is 4.52 Å². The second-order valence-corrected chi connectivity index (χ2v) is 7.48. The smallest absolute Gasteiger partial charge is 0.191 e. The van der Waals surface area contributed by atoms with Crippen LogP contribution < -0.4 is 10.6 Å². The molecule has 142 valence electrons. The SMILES string of the molecule is CN=C(NCCCCN1CCCC(C)C1)NCc1cc(C(C)C)no1. The van der Waals surface area contributed by atoms with Crippen LogP contribution in [0.3, 0.4) is 0 Å². The van der Waals surface area contributed by atoms with Crippen LogP contribution in [0.4, 0.5) is 0 Å². The van der Waals surface area contributed by atoms with Crippen molar-refractivity contribution in [2.24, 2.45) is 10.9 Å². The zero-order chi connectivity index (χ0) is 18.1.